The van der Waals surface area contributed by atoms with Gasteiger partial charge in [-0.1, -0.05) is 26.3 Å². The first-order valence-electron chi connectivity index (χ1n) is 8.14. The highest BCUT2D eigenvalue weighted by Gasteiger charge is 2.27. The lowest BCUT2D eigenvalue weighted by atomic mass is 9.90. The van der Waals surface area contributed by atoms with Gasteiger partial charge in [-0.3, -0.25) is 4.90 Å². The summed E-state index contributed by atoms with van der Waals surface area (Å²) < 4.78 is 11.4. The molecule has 0 amide bonds. The molecule has 2 atom stereocenters. The highest BCUT2D eigenvalue weighted by atomic mass is 35.5. The van der Waals surface area contributed by atoms with Crippen LogP contribution in [-0.2, 0) is 0 Å². The van der Waals surface area contributed by atoms with Gasteiger partial charge in [0.05, 0.1) is 0 Å². The van der Waals surface area contributed by atoms with Gasteiger partial charge in [-0.15, -0.1) is 24.8 Å². The molecule has 2 heterocycles. The van der Waals surface area contributed by atoms with Gasteiger partial charge in [-0.05, 0) is 23.6 Å². The van der Waals surface area contributed by atoms with Crippen LogP contribution >= 0.6 is 24.8 Å². The van der Waals surface area contributed by atoms with E-state index in [0.717, 1.165) is 37.7 Å². The van der Waals surface area contributed by atoms with Crippen LogP contribution in [0.3, 0.4) is 0 Å². The monoisotopic (exact) mass is 362 g/mol. The van der Waals surface area contributed by atoms with Gasteiger partial charge < -0.3 is 14.8 Å². The van der Waals surface area contributed by atoms with Crippen molar-refractivity contribution in [2.75, 3.05) is 39.4 Å². The van der Waals surface area contributed by atoms with Gasteiger partial charge in [-0.25, -0.2) is 0 Å². The third-order valence-electron chi connectivity index (χ3n) is 4.64. The zero-order valence-electron chi connectivity index (χ0n) is 13.9. The maximum absolute atomic E-state index is 5.76. The van der Waals surface area contributed by atoms with E-state index in [4.69, 9.17) is 9.47 Å². The maximum atomic E-state index is 5.76. The Kier molecular flexibility index (Phi) is 8.48. The average Bonchev–Trinajstić information content (AvgIpc) is 2.56. The second kappa shape index (κ2) is 9.58. The minimum atomic E-state index is 0. The van der Waals surface area contributed by atoms with Crippen LogP contribution in [0.15, 0.2) is 18.2 Å². The van der Waals surface area contributed by atoms with Crippen LogP contribution in [0.2, 0.25) is 0 Å². The van der Waals surface area contributed by atoms with Crippen LogP contribution in [0.1, 0.15) is 31.9 Å². The molecule has 132 valence electrons. The molecule has 1 N–H and O–H groups in total. The third kappa shape index (κ3) is 4.66. The summed E-state index contributed by atoms with van der Waals surface area (Å²) >= 11 is 0. The van der Waals surface area contributed by atoms with E-state index in [-0.39, 0.29) is 24.8 Å². The Balaban J connectivity index is 0.00000132. The van der Waals surface area contributed by atoms with Crippen molar-refractivity contribution in [1.82, 2.24) is 10.2 Å². The van der Waals surface area contributed by atoms with Crippen molar-refractivity contribution in [2.45, 2.75) is 26.3 Å². The first-order chi connectivity index (χ1) is 10.3. The summed E-state index contributed by atoms with van der Waals surface area (Å²) in [6.45, 7) is 10.3. The Bertz CT molecular complexity index is 482. The van der Waals surface area contributed by atoms with Gasteiger partial charge in [0, 0.05) is 32.2 Å². The van der Waals surface area contributed by atoms with Crippen molar-refractivity contribution in [3.05, 3.63) is 23.8 Å². The molecule has 23 heavy (non-hydrogen) atoms. The number of benzene rings is 1. The maximum Gasteiger partial charge on any atom is 0.161 e. The van der Waals surface area contributed by atoms with Crippen LogP contribution in [0, 0.1) is 5.92 Å². The highest BCUT2D eigenvalue weighted by molar-refractivity contribution is 5.85. The lowest BCUT2D eigenvalue weighted by molar-refractivity contribution is 0.127. The van der Waals surface area contributed by atoms with E-state index < -0.39 is 0 Å². The Hall–Kier alpha value is -0.680. The lowest BCUT2D eigenvalue weighted by Gasteiger charge is -2.38. The molecule has 0 saturated carbocycles. The van der Waals surface area contributed by atoms with Gasteiger partial charge in [0.1, 0.15) is 13.2 Å². The standard InChI is InChI=1S/C17H26N2O2.2ClH/c1-3-13(2)17(19-8-6-18-7-9-19)14-4-5-15-16(12-14)21-11-10-20-15;;/h4-5,12-13,17-18H,3,6-11H2,1-2H3;2*1H/t13?,17-;;/m1../s1. The SMILES string of the molecule is CCC(C)[C@H](c1ccc2c(c1)OCCO2)N1CCNCC1.Cl.Cl. The fourth-order valence-corrected chi connectivity index (χ4v) is 3.33. The van der Waals surface area contributed by atoms with E-state index in [1.54, 1.807) is 0 Å². The van der Waals surface area contributed by atoms with Gasteiger partial charge in [0.15, 0.2) is 11.5 Å². The molecular formula is C17H28Cl2N2O2. The van der Waals surface area contributed by atoms with E-state index in [2.05, 4.69) is 42.3 Å². The fourth-order valence-electron chi connectivity index (χ4n) is 3.33. The van der Waals surface area contributed by atoms with Gasteiger partial charge >= 0.3 is 0 Å². The van der Waals surface area contributed by atoms with Crippen molar-refractivity contribution < 1.29 is 9.47 Å². The van der Waals surface area contributed by atoms with Crippen molar-refractivity contribution in [3.63, 3.8) is 0 Å². The fraction of sp³-hybridized carbons (Fsp3) is 0.647. The number of rotatable bonds is 4. The van der Waals surface area contributed by atoms with Crippen molar-refractivity contribution >= 4 is 24.8 Å². The van der Waals surface area contributed by atoms with Gasteiger partial charge in [-0.2, -0.15) is 0 Å². The number of fused-ring (bicyclic) bond motifs is 1. The minimum Gasteiger partial charge on any atom is -0.486 e. The van der Waals surface area contributed by atoms with Gasteiger partial charge in [0.25, 0.3) is 0 Å². The molecule has 0 aliphatic carbocycles. The summed E-state index contributed by atoms with van der Waals surface area (Å²) in [6, 6.07) is 6.94. The molecule has 4 nitrogen and oxygen atoms in total. The lowest BCUT2D eigenvalue weighted by Crippen LogP contribution is -2.46. The topological polar surface area (TPSA) is 33.7 Å². The summed E-state index contributed by atoms with van der Waals surface area (Å²) in [5.41, 5.74) is 1.36. The zero-order valence-corrected chi connectivity index (χ0v) is 15.5. The molecule has 6 heteroatoms. The molecule has 1 aromatic rings. The largest absolute Gasteiger partial charge is 0.486 e. The summed E-state index contributed by atoms with van der Waals surface area (Å²) in [6.07, 6.45) is 1.18. The second-order valence-electron chi connectivity index (χ2n) is 6.02. The van der Waals surface area contributed by atoms with Crippen LogP contribution < -0.4 is 14.8 Å². The van der Waals surface area contributed by atoms with E-state index >= 15 is 0 Å². The van der Waals surface area contributed by atoms with Crippen molar-refractivity contribution in [3.8, 4) is 11.5 Å². The van der Waals surface area contributed by atoms with E-state index in [1.807, 2.05) is 0 Å². The number of piperazine rings is 1. The molecule has 1 aromatic carbocycles. The molecule has 2 aliphatic heterocycles. The second-order valence-corrected chi connectivity index (χ2v) is 6.02. The number of hydrogen-bond donors (Lipinski definition) is 1. The first-order valence-corrected chi connectivity index (χ1v) is 8.14. The number of ether oxygens (including phenoxy) is 2. The summed E-state index contributed by atoms with van der Waals surface area (Å²) in [4.78, 5) is 2.61. The molecule has 0 bridgehead atoms. The van der Waals surface area contributed by atoms with E-state index in [9.17, 15) is 0 Å². The van der Waals surface area contributed by atoms with Crippen molar-refractivity contribution in [1.29, 1.82) is 0 Å². The molecule has 1 saturated heterocycles. The number of nitrogens with zero attached hydrogens (tertiary/aromatic N) is 1. The molecule has 1 unspecified atom stereocenters. The Morgan fingerprint density at radius 1 is 1.09 bits per heavy atom. The predicted octanol–water partition coefficient (Wildman–Crippen LogP) is 3.29. The number of halogens is 2. The smallest absolute Gasteiger partial charge is 0.161 e. The molecule has 2 aliphatic rings. The third-order valence-corrected chi connectivity index (χ3v) is 4.64. The molecule has 0 aromatic heterocycles. The first kappa shape index (κ1) is 20.4. The zero-order chi connectivity index (χ0) is 14.7. The van der Waals surface area contributed by atoms with Crippen molar-refractivity contribution in [2.24, 2.45) is 5.92 Å². The Labute approximate surface area is 151 Å². The Morgan fingerprint density at radius 3 is 2.39 bits per heavy atom. The van der Waals surface area contributed by atoms with Crippen LogP contribution in [-0.4, -0.2) is 44.3 Å². The minimum absolute atomic E-state index is 0. The molecule has 1 fully saturated rings. The normalized spacial score (nSPS) is 19.9. The molecule has 3 rings (SSSR count). The summed E-state index contributed by atoms with van der Waals surface area (Å²) in [5, 5.41) is 3.44. The molecular weight excluding hydrogens is 335 g/mol. The number of hydrogen-bond acceptors (Lipinski definition) is 4. The van der Waals surface area contributed by atoms with Crippen LogP contribution in [0.5, 0.6) is 11.5 Å². The quantitative estimate of drug-likeness (QED) is 0.890. The predicted molar refractivity (Wildman–Crippen MR) is 98.6 cm³/mol. The van der Waals surface area contributed by atoms with E-state index in [1.165, 1.54) is 12.0 Å². The molecule has 0 radical (unpaired) electrons. The summed E-state index contributed by atoms with van der Waals surface area (Å²) in [7, 11) is 0. The highest BCUT2D eigenvalue weighted by Crippen LogP contribution is 2.37. The average molecular weight is 363 g/mol. The Morgan fingerprint density at radius 2 is 1.74 bits per heavy atom. The van der Waals surface area contributed by atoms with Gasteiger partial charge in [0.2, 0.25) is 0 Å². The van der Waals surface area contributed by atoms with Crippen LogP contribution in [0.25, 0.3) is 0 Å². The summed E-state index contributed by atoms with van der Waals surface area (Å²) in [5.74, 6) is 2.42. The van der Waals surface area contributed by atoms with Crippen LogP contribution in [0.4, 0.5) is 0 Å². The number of nitrogens with one attached hydrogen (secondary N) is 1. The molecule has 0 spiro atoms. The van der Waals surface area contributed by atoms with E-state index in [0.29, 0.717) is 25.2 Å².